The summed E-state index contributed by atoms with van der Waals surface area (Å²) < 4.78 is 6.02. The molecule has 1 amide bonds. The second-order valence-corrected chi connectivity index (χ2v) is 9.20. The number of esters is 1. The second-order valence-electron chi connectivity index (χ2n) is 7.85. The van der Waals surface area contributed by atoms with Crippen molar-refractivity contribution >= 4 is 56.0 Å². The van der Waals surface area contributed by atoms with Crippen LogP contribution in [-0.2, 0) is 4.74 Å². The van der Waals surface area contributed by atoms with Crippen LogP contribution < -0.4 is 5.32 Å². The largest absolute Gasteiger partial charge is 0.462 e. The van der Waals surface area contributed by atoms with Gasteiger partial charge in [-0.05, 0) is 73.5 Å². The van der Waals surface area contributed by atoms with Crippen LogP contribution in [0, 0.1) is 6.92 Å². The van der Waals surface area contributed by atoms with Gasteiger partial charge in [0.2, 0.25) is 0 Å². The average molecular weight is 538 g/mol. The van der Waals surface area contributed by atoms with E-state index >= 15 is 0 Å². The van der Waals surface area contributed by atoms with Gasteiger partial charge in [0.05, 0.1) is 28.9 Å². The number of amides is 1. The van der Waals surface area contributed by atoms with E-state index in [1.54, 1.807) is 42.5 Å². The minimum Gasteiger partial charge on any atom is -0.462 e. The van der Waals surface area contributed by atoms with Crippen molar-refractivity contribution in [1.29, 1.82) is 0 Å². The number of nitrogens with zero attached hydrogens (tertiary/aromatic N) is 1. The standard InChI is InChI=1S/C27H22BrClN2O3/c1-3-12-34-27(33)18-6-10-21(11-7-18)30-26(32)23-15-24(17-4-8-20(29)9-5-17)31-25-16(2)13-19(28)14-22(23)25/h4-11,13-15H,3,12H2,1-2H3,(H,30,32). The first-order valence-electron chi connectivity index (χ1n) is 10.8. The van der Waals surface area contributed by atoms with Gasteiger partial charge in [-0.1, -0.05) is 46.6 Å². The fourth-order valence-corrected chi connectivity index (χ4v) is 4.28. The molecule has 4 rings (SSSR count). The lowest BCUT2D eigenvalue weighted by atomic mass is 10.0. The molecule has 1 heterocycles. The van der Waals surface area contributed by atoms with E-state index < -0.39 is 0 Å². The number of aryl methyl sites for hydroxylation is 1. The number of carbonyl (C=O) groups excluding carboxylic acids is 2. The highest BCUT2D eigenvalue weighted by Gasteiger charge is 2.17. The van der Waals surface area contributed by atoms with Gasteiger partial charge in [-0.25, -0.2) is 9.78 Å². The summed E-state index contributed by atoms with van der Waals surface area (Å²) in [6, 6.07) is 19.6. The zero-order chi connectivity index (χ0) is 24.2. The molecule has 1 aromatic heterocycles. The Balaban J connectivity index is 1.70. The molecule has 0 saturated heterocycles. The number of hydrogen-bond donors (Lipinski definition) is 1. The predicted molar refractivity (Wildman–Crippen MR) is 140 cm³/mol. The number of ether oxygens (including phenoxy) is 1. The third kappa shape index (κ3) is 5.29. The lowest BCUT2D eigenvalue weighted by molar-refractivity contribution is 0.0505. The first-order valence-corrected chi connectivity index (χ1v) is 12.0. The van der Waals surface area contributed by atoms with Crippen molar-refractivity contribution in [3.63, 3.8) is 0 Å². The Hall–Kier alpha value is -3.22. The summed E-state index contributed by atoms with van der Waals surface area (Å²) in [6.45, 7) is 4.27. The lowest BCUT2D eigenvalue weighted by Crippen LogP contribution is -2.14. The first kappa shape index (κ1) is 23.9. The Morgan fingerprint density at radius 2 is 1.74 bits per heavy atom. The van der Waals surface area contributed by atoms with Crippen molar-refractivity contribution < 1.29 is 14.3 Å². The molecular formula is C27H22BrClN2O3. The summed E-state index contributed by atoms with van der Waals surface area (Å²) >= 11 is 9.57. The van der Waals surface area contributed by atoms with Gasteiger partial charge in [-0.2, -0.15) is 0 Å². The predicted octanol–water partition coefficient (Wildman–Crippen LogP) is 7.45. The number of hydrogen-bond acceptors (Lipinski definition) is 4. The van der Waals surface area contributed by atoms with Crippen LogP contribution >= 0.6 is 27.5 Å². The minimum absolute atomic E-state index is 0.276. The van der Waals surface area contributed by atoms with E-state index in [4.69, 9.17) is 21.3 Å². The third-order valence-electron chi connectivity index (χ3n) is 5.27. The summed E-state index contributed by atoms with van der Waals surface area (Å²) in [4.78, 5) is 30.2. The summed E-state index contributed by atoms with van der Waals surface area (Å²) in [5.41, 5.74) is 4.73. The van der Waals surface area contributed by atoms with Gasteiger partial charge in [-0.3, -0.25) is 4.79 Å². The maximum absolute atomic E-state index is 13.4. The van der Waals surface area contributed by atoms with Gasteiger partial charge in [0.15, 0.2) is 0 Å². The molecule has 3 aromatic carbocycles. The molecule has 0 aliphatic rings. The van der Waals surface area contributed by atoms with E-state index in [0.29, 0.717) is 34.1 Å². The molecule has 0 atom stereocenters. The molecule has 4 aromatic rings. The number of aromatic nitrogens is 1. The van der Waals surface area contributed by atoms with Gasteiger partial charge in [0.25, 0.3) is 5.91 Å². The summed E-state index contributed by atoms with van der Waals surface area (Å²) in [7, 11) is 0. The molecule has 34 heavy (non-hydrogen) atoms. The lowest BCUT2D eigenvalue weighted by Gasteiger charge is -2.13. The van der Waals surface area contributed by atoms with E-state index in [9.17, 15) is 9.59 Å². The van der Waals surface area contributed by atoms with Gasteiger partial charge < -0.3 is 10.1 Å². The molecular weight excluding hydrogens is 516 g/mol. The van der Waals surface area contributed by atoms with E-state index in [-0.39, 0.29) is 11.9 Å². The molecule has 0 unspecified atom stereocenters. The normalized spacial score (nSPS) is 10.8. The van der Waals surface area contributed by atoms with Gasteiger partial charge >= 0.3 is 5.97 Å². The first-order chi connectivity index (χ1) is 16.4. The Kier molecular flexibility index (Phi) is 7.29. The van der Waals surface area contributed by atoms with Crippen molar-refractivity contribution in [1.82, 2.24) is 4.98 Å². The quantitative estimate of drug-likeness (QED) is 0.259. The molecule has 0 fully saturated rings. The van der Waals surface area contributed by atoms with Crippen LogP contribution in [0.5, 0.6) is 0 Å². The second kappa shape index (κ2) is 10.4. The molecule has 0 radical (unpaired) electrons. The van der Waals surface area contributed by atoms with Crippen molar-refractivity contribution in [3.05, 3.63) is 92.9 Å². The number of halogens is 2. The smallest absolute Gasteiger partial charge is 0.338 e. The van der Waals surface area contributed by atoms with Crippen molar-refractivity contribution in [2.45, 2.75) is 20.3 Å². The molecule has 1 N–H and O–H groups in total. The molecule has 0 bridgehead atoms. The molecule has 172 valence electrons. The Morgan fingerprint density at radius 1 is 1.03 bits per heavy atom. The zero-order valence-corrected chi connectivity index (χ0v) is 21.0. The van der Waals surface area contributed by atoms with E-state index in [0.717, 1.165) is 32.9 Å². The zero-order valence-electron chi connectivity index (χ0n) is 18.7. The fourth-order valence-electron chi connectivity index (χ4n) is 3.58. The third-order valence-corrected chi connectivity index (χ3v) is 5.98. The molecule has 5 nitrogen and oxygen atoms in total. The van der Waals surface area contributed by atoms with Crippen LogP contribution in [-0.4, -0.2) is 23.5 Å². The highest BCUT2D eigenvalue weighted by atomic mass is 79.9. The maximum atomic E-state index is 13.4. The summed E-state index contributed by atoms with van der Waals surface area (Å²) in [6.07, 6.45) is 0.757. The monoisotopic (exact) mass is 536 g/mol. The number of rotatable bonds is 6. The Bertz CT molecular complexity index is 1370. The SMILES string of the molecule is CCCOC(=O)c1ccc(NC(=O)c2cc(-c3ccc(Cl)cc3)nc3c(C)cc(Br)cc23)cc1. The van der Waals surface area contributed by atoms with Gasteiger partial charge in [0.1, 0.15) is 0 Å². The number of carbonyl (C=O) groups is 2. The summed E-state index contributed by atoms with van der Waals surface area (Å²) in [5, 5.41) is 4.30. The highest BCUT2D eigenvalue weighted by molar-refractivity contribution is 9.10. The molecule has 0 saturated carbocycles. The van der Waals surface area contributed by atoms with Gasteiger partial charge in [0, 0.05) is 26.1 Å². The van der Waals surface area contributed by atoms with Crippen LogP contribution in [0.25, 0.3) is 22.2 Å². The maximum Gasteiger partial charge on any atom is 0.338 e. The van der Waals surface area contributed by atoms with Crippen LogP contribution in [0.2, 0.25) is 5.02 Å². The van der Waals surface area contributed by atoms with Crippen molar-refractivity contribution in [2.75, 3.05) is 11.9 Å². The highest BCUT2D eigenvalue weighted by Crippen LogP contribution is 2.30. The topological polar surface area (TPSA) is 68.3 Å². The number of anilines is 1. The van der Waals surface area contributed by atoms with E-state index in [1.165, 1.54) is 0 Å². The summed E-state index contributed by atoms with van der Waals surface area (Å²) in [5.74, 6) is -0.658. The molecule has 0 aliphatic heterocycles. The molecule has 0 aliphatic carbocycles. The Morgan fingerprint density at radius 3 is 2.41 bits per heavy atom. The van der Waals surface area contributed by atoms with E-state index in [2.05, 4.69) is 21.2 Å². The van der Waals surface area contributed by atoms with Gasteiger partial charge in [-0.15, -0.1) is 0 Å². The molecule has 7 heteroatoms. The average Bonchev–Trinajstić information content (AvgIpc) is 2.83. The van der Waals surface area contributed by atoms with Crippen molar-refractivity contribution in [3.8, 4) is 11.3 Å². The number of benzene rings is 3. The Labute approximate surface area is 211 Å². The van der Waals surface area contributed by atoms with Crippen LogP contribution in [0.15, 0.2) is 71.2 Å². The van der Waals surface area contributed by atoms with Crippen LogP contribution in [0.1, 0.15) is 39.6 Å². The number of nitrogens with one attached hydrogen (secondary N) is 1. The number of fused-ring (bicyclic) bond motifs is 1. The van der Waals surface area contributed by atoms with Crippen LogP contribution in [0.4, 0.5) is 5.69 Å². The number of pyridine rings is 1. The van der Waals surface area contributed by atoms with E-state index in [1.807, 2.05) is 38.1 Å². The van der Waals surface area contributed by atoms with Crippen LogP contribution in [0.3, 0.4) is 0 Å². The molecule has 0 spiro atoms. The van der Waals surface area contributed by atoms with Crippen molar-refractivity contribution in [2.24, 2.45) is 0 Å². The minimum atomic E-state index is -0.382. The fraction of sp³-hybridized carbons (Fsp3) is 0.148.